The molecule has 0 aliphatic carbocycles. The summed E-state index contributed by atoms with van der Waals surface area (Å²) in [6.07, 6.45) is 1.13. The average molecular weight is 491 g/mol. The predicted molar refractivity (Wildman–Crippen MR) is 136 cm³/mol. The maximum atomic E-state index is 13.0. The van der Waals surface area contributed by atoms with Crippen LogP contribution in [0.5, 0.6) is 0 Å². The summed E-state index contributed by atoms with van der Waals surface area (Å²) < 4.78 is 25.4. The molecule has 0 aliphatic rings. The number of imidazole rings is 1. The van der Waals surface area contributed by atoms with Crippen molar-refractivity contribution in [2.75, 3.05) is 11.6 Å². The SMILES string of the molecule is CC(NC(=O)c1ccccc1NC(=O)Cn1c(CS(C)(=O)=O)nc2ccccc21)c1ccccc1. The van der Waals surface area contributed by atoms with Gasteiger partial charge in [-0.05, 0) is 36.8 Å². The zero-order valence-corrected chi connectivity index (χ0v) is 20.2. The molecular formula is C26H26N4O4S. The lowest BCUT2D eigenvalue weighted by Crippen LogP contribution is -2.28. The van der Waals surface area contributed by atoms with E-state index in [1.54, 1.807) is 53.1 Å². The van der Waals surface area contributed by atoms with Crippen molar-refractivity contribution in [3.8, 4) is 0 Å². The molecule has 0 fully saturated rings. The van der Waals surface area contributed by atoms with Crippen molar-refractivity contribution < 1.29 is 18.0 Å². The fraction of sp³-hybridized carbons (Fsp3) is 0.192. The van der Waals surface area contributed by atoms with Crippen molar-refractivity contribution in [3.63, 3.8) is 0 Å². The van der Waals surface area contributed by atoms with Crippen LogP contribution < -0.4 is 10.6 Å². The second-order valence-corrected chi connectivity index (χ2v) is 10.5. The molecule has 0 spiro atoms. The number of hydrogen-bond acceptors (Lipinski definition) is 5. The van der Waals surface area contributed by atoms with Crippen molar-refractivity contribution >= 4 is 38.4 Å². The van der Waals surface area contributed by atoms with Gasteiger partial charge < -0.3 is 15.2 Å². The molecule has 1 atom stereocenters. The third-order valence-electron chi connectivity index (χ3n) is 5.52. The standard InChI is InChI=1S/C26H26N4O4S/c1-18(19-10-4-3-5-11-19)27-26(32)20-12-6-7-13-21(20)29-25(31)16-30-23-15-9-8-14-22(23)28-24(30)17-35(2,33)34/h3-15,18H,16-17H2,1-2H3,(H,27,32)(H,29,31). The van der Waals surface area contributed by atoms with Crippen molar-refractivity contribution in [1.82, 2.24) is 14.9 Å². The fourth-order valence-corrected chi connectivity index (χ4v) is 4.56. The van der Waals surface area contributed by atoms with Crippen LogP contribution in [0.2, 0.25) is 0 Å². The van der Waals surface area contributed by atoms with Gasteiger partial charge >= 0.3 is 0 Å². The Morgan fingerprint density at radius 3 is 2.34 bits per heavy atom. The highest BCUT2D eigenvalue weighted by Crippen LogP contribution is 2.20. The zero-order valence-electron chi connectivity index (χ0n) is 19.4. The van der Waals surface area contributed by atoms with E-state index in [0.717, 1.165) is 11.8 Å². The Hall–Kier alpha value is -3.98. The molecule has 1 unspecified atom stereocenters. The molecule has 180 valence electrons. The van der Waals surface area contributed by atoms with E-state index >= 15 is 0 Å². The van der Waals surface area contributed by atoms with Crippen molar-refractivity contribution in [2.24, 2.45) is 0 Å². The quantitative estimate of drug-likeness (QED) is 0.391. The van der Waals surface area contributed by atoms with Crippen LogP contribution in [0.25, 0.3) is 11.0 Å². The van der Waals surface area contributed by atoms with Gasteiger partial charge in [0.2, 0.25) is 5.91 Å². The summed E-state index contributed by atoms with van der Waals surface area (Å²) in [5.74, 6) is -0.723. The molecule has 0 bridgehead atoms. The van der Waals surface area contributed by atoms with Crippen molar-refractivity contribution in [2.45, 2.75) is 25.3 Å². The molecule has 0 saturated carbocycles. The van der Waals surface area contributed by atoms with Crippen LogP contribution in [-0.4, -0.2) is 36.0 Å². The highest BCUT2D eigenvalue weighted by atomic mass is 32.2. The van der Waals surface area contributed by atoms with Crippen molar-refractivity contribution in [3.05, 3.63) is 95.8 Å². The van der Waals surface area contributed by atoms with Crippen LogP contribution in [0.1, 0.15) is 34.7 Å². The summed E-state index contributed by atoms with van der Waals surface area (Å²) in [4.78, 5) is 30.4. The molecule has 1 aromatic heterocycles. The normalized spacial score (nSPS) is 12.3. The van der Waals surface area contributed by atoms with E-state index in [0.29, 0.717) is 22.3 Å². The van der Waals surface area contributed by atoms with Gasteiger partial charge in [0.25, 0.3) is 5.91 Å². The van der Waals surface area contributed by atoms with Crippen LogP contribution in [-0.2, 0) is 26.9 Å². The number of carbonyl (C=O) groups excluding carboxylic acids is 2. The average Bonchev–Trinajstić information content (AvgIpc) is 3.15. The molecule has 8 nitrogen and oxygen atoms in total. The number of carbonyl (C=O) groups is 2. The van der Waals surface area contributed by atoms with E-state index in [2.05, 4.69) is 15.6 Å². The minimum atomic E-state index is -3.36. The van der Waals surface area contributed by atoms with Crippen LogP contribution in [0.4, 0.5) is 5.69 Å². The molecule has 2 N–H and O–H groups in total. The first-order chi connectivity index (χ1) is 16.7. The Morgan fingerprint density at radius 2 is 1.60 bits per heavy atom. The smallest absolute Gasteiger partial charge is 0.253 e. The van der Waals surface area contributed by atoms with Gasteiger partial charge in [0.1, 0.15) is 18.1 Å². The van der Waals surface area contributed by atoms with Gasteiger partial charge in [-0.3, -0.25) is 9.59 Å². The maximum Gasteiger partial charge on any atom is 0.253 e. The Balaban J connectivity index is 1.54. The maximum absolute atomic E-state index is 13.0. The van der Waals surface area contributed by atoms with Gasteiger partial charge in [0, 0.05) is 6.26 Å². The Labute approximate surface area is 203 Å². The lowest BCUT2D eigenvalue weighted by atomic mass is 10.1. The molecule has 0 aliphatic heterocycles. The van der Waals surface area contributed by atoms with Gasteiger partial charge in [-0.15, -0.1) is 0 Å². The summed E-state index contributed by atoms with van der Waals surface area (Å²) in [5, 5.41) is 5.76. The van der Waals surface area contributed by atoms with Crippen LogP contribution in [0.3, 0.4) is 0 Å². The summed E-state index contributed by atoms with van der Waals surface area (Å²) >= 11 is 0. The first kappa shape index (κ1) is 24.2. The fourth-order valence-electron chi connectivity index (χ4n) is 3.87. The largest absolute Gasteiger partial charge is 0.345 e. The van der Waals surface area contributed by atoms with Crippen molar-refractivity contribution in [1.29, 1.82) is 0 Å². The molecule has 2 amide bonds. The number of hydrogen-bond donors (Lipinski definition) is 2. The summed E-state index contributed by atoms with van der Waals surface area (Å²) in [6.45, 7) is 1.74. The van der Waals surface area contributed by atoms with Gasteiger partial charge in [-0.25, -0.2) is 13.4 Å². The highest BCUT2D eigenvalue weighted by Gasteiger charge is 2.19. The number of nitrogens with one attached hydrogen (secondary N) is 2. The minimum absolute atomic E-state index is 0.151. The van der Waals surface area contributed by atoms with E-state index in [1.807, 2.05) is 37.3 Å². The number of para-hydroxylation sites is 3. The summed E-state index contributed by atoms with van der Waals surface area (Å²) in [6, 6.07) is 23.3. The number of benzene rings is 3. The van der Waals surface area contributed by atoms with Gasteiger partial charge in [-0.1, -0.05) is 54.6 Å². The Bertz CT molecular complexity index is 1480. The van der Waals surface area contributed by atoms with Crippen LogP contribution in [0, 0.1) is 0 Å². The number of sulfone groups is 1. The number of nitrogens with zero attached hydrogens (tertiary/aromatic N) is 2. The van der Waals surface area contributed by atoms with E-state index in [1.165, 1.54) is 0 Å². The number of rotatable bonds is 8. The first-order valence-corrected chi connectivity index (χ1v) is 13.1. The molecule has 9 heteroatoms. The van der Waals surface area contributed by atoms with E-state index in [9.17, 15) is 18.0 Å². The van der Waals surface area contributed by atoms with Gasteiger partial charge in [0.05, 0.1) is 28.3 Å². The molecule has 0 radical (unpaired) electrons. The van der Waals surface area contributed by atoms with E-state index < -0.39 is 15.7 Å². The molecule has 0 saturated heterocycles. The minimum Gasteiger partial charge on any atom is -0.345 e. The van der Waals surface area contributed by atoms with E-state index in [-0.39, 0.29) is 30.1 Å². The lowest BCUT2D eigenvalue weighted by Gasteiger charge is -2.17. The third-order valence-corrected chi connectivity index (χ3v) is 6.30. The monoisotopic (exact) mass is 490 g/mol. The second kappa shape index (κ2) is 10.1. The van der Waals surface area contributed by atoms with Gasteiger partial charge in [-0.2, -0.15) is 0 Å². The number of amides is 2. The molecule has 3 aromatic carbocycles. The van der Waals surface area contributed by atoms with Crippen LogP contribution >= 0.6 is 0 Å². The number of aromatic nitrogens is 2. The summed E-state index contributed by atoms with van der Waals surface area (Å²) in [7, 11) is -3.36. The highest BCUT2D eigenvalue weighted by molar-refractivity contribution is 7.89. The summed E-state index contributed by atoms with van der Waals surface area (Å²) in [5.41, 5.74) is 2.92. The topological polar surface area (TPSA) is 110 Å². The molecule has 4 rings (SSSR count). The Morgan fingerprint density at radius 1 is 0.943 bits per heavy atom. The molecular weight excluding hydrogens is 464 g/mol. The molecule has 1 heterocycles. The van der Waals surface area contributed by atoms with Gasteiger partial charge in [0.15, 0.2) is 9.84 Å². The Kier molecular flexibility index (Phi) is 6.97. The zero-order chi connectivity index (χ0) is 25.0. The second-order valence-electron chi connectivity index (χ2n) is 8.37. The van der Waals surface area contributed by atoms with Crippen LogP contribution in [0.15, 0.2) is 78.9 Å². The van der Waals surface area contributed by atoms with E-state index in [4.69, 9.17) is 0 Å². The number of fused-ring (bicyclic) bond motifs is 1. The molecule has 4 aromatic rings. The third kappa shape index (κ3) is 5.93. The predicted octanol–water partition coefficient (Wildman–Crippen LogP) is 3.71. The lowest BCUT2D eigenvalue weighted by molar-refractivity contribution is -0.116. The molecule has 35 heavy (non-hydrogen) atoms. The number of anilines is 1. The first-order valence-electron chi connectivity index (χ1n) is 11.1.